The fraction of sp³-hybridized carbons (Fsp3) is 0.471. The van der Waals surface area contributed by atoms with Crippen molar-refractivity contribution in [2.24, 2.45) is 0 Å². The summed E-state index contributed by atoms with van der Waals surface area (Å²) >= 11 is 0. The molecule has 28 heavy (non-hydrogen) atoms. The molecule has 1 aromatic carbocycles. The van der Waals surface area contributed by atoms with Gasteiger partial charge >= 0.3 is 0 Å². The van der Waals surface area contributed by atoms with E-state index in [1.165, 1.54) is 0 Å². The zero-order valence-electron chi connectivity index (χ0n) is 16.3. The van der Waals surface area contributed by atoms with Gasteiger partial charge in [0.25, 0.3) is 0 Å². The normalized spacial score (nSPS) is 11.9. The van der Waals surface area contributed by atoms with E-state index >= 15 is 0 Å². The third-order valence-electron chi connectivity index (χ3n) is 4.25. The Kier molecular flexibility index (Phi) is 5.84. The number of ether oxygens (including phenoxy) is 2. The minimum absolute atomic E-state index is 0.405. The van der Waals surface area contributed by atoms with Crippen LogP contribution in [0.25, 0.3) is 16.7 Å². The summed E-state index contributed by atoms with van der Waals surface area (Å²) in [6.45, 7) is 2.90. The molecular weight excluding hydrogens is 384 g/mol. The number of nitrogens with one attached hydrogen (secondary N) is 2. The van der Waals surface area contributed by atoms with Crippen molar-refractivity contribution in [1.29, 1.82) is 0 Å². The Bertz CT molecular complexity index is 1100. The summed E-state index contributed by atoms with van der Waals surface area (Å²) in [5, 5.41) is 11.7. The maximum atomic E-state index is 11.1. The van der Waals surface area contributed by atoms with E-state index in [9.17, 15) is 8.42 Å². The molecule has 0 fully saturated rings. The summed E-state index contributed by atoms with van der Waals surface area (Å²) in [6.07, 6.45) is 2.63. The molecule has 11 heteroatoms. The highest BCUT2D eigenvalue weighted by Gasteiger charge is 2.16. The number of aryl methyl sites for hydroxylation is 1. The van der Waals surface area contributed by atoms with Gasteiger partial charge in [-0.15, -0.1) is 10.2 Å². The highest BCUT2D eigenvalue weighted by Crippen LogP contribution is 2.33. The molecule has 2 heterocycles. The van der Waals surface area contributed by atoms with Gasteiger partial charge in [0, 0.05) is 25.2 Å². The second kappa shape index (κ2) is 8.15. The van der Waals surface area contributed by atoms with Crippen molar-refractivity contribution in [1.82, 2.24) is 24.3 Å². The topological polar surface area (TPSA) is 120 Å². The van der Waals surface area contributed by atoms with Crippen molar-refractivity contribution in [2.75, 3.05) is 38.9 Å². The van der Waals surface area contributed by atoms with Crippen molar-refractivity contribution in [3.63, 3.8) is 0 Å². The molecule has 0 saturated heterocycles. The number of rotatable bonds is 9. The van der Waals surface area contributed by atoms with Gasteiger partial charge in [-0.05, 0) is 19.8 Å². The molecule has 2 aromatic heterocycles. The standard InChI is InChI=1S/C17H24N6O4S/c1-11-21-22-17-16(18-7-5-6-8-19-28(4,24)25)20-12-9-14(26-2)15(27-3)10-13(12)23(11)17/h9-10,19H,5-8H2,1-4H3,(H,18,20). The first kappa shape index (κ1) is 20.1. The number of sulfonamides is 1. The fourth-order valence-electron chi connectivity index (χ4n) is 2.93. The predicted molar refractivity (Wildman–Crippen MR) is 107 cm³/mol. The quantitative estimate of drug-likeness (QED) is 0.509. The van der Waals surface area contributed by atoms with Crippen molar-refractivity contribution in [2.45, 2.75) is 19.8 Å². The minimum Gasteiger partial charge on any atom is -0.493 e. The molecule has 3 aromatic rings. The van der Waals surface area contributed by atoms with Gasteiger partial charge in [-0.1, -0.05) is 0 Å². The number of unbranched alkanes of at least 4 members (excludes halogenated alkanes) is 1. The lowest BCUT2D eigenvalue weighted by atomic mass is 10.2. The summed E-state index contributed by atoms with van der Waals surface area (Å²) in [4.78, 5) is 4.68. The number of nitrogens with zero attached hydrogens (tertiary/aromatic N) is 4. The number of anilines is 1. The first-order chi connectivity index (χ1) is 13.3. The van der Waals surface area contributed by atoms with E-state index in [4.69, 9.17) is 9.47 Å². The Hall–Kier alpha value is -2.66. The molecule has 2 N–H and O–H groups in total. The molecule has 0 aliphatic carbocycles. The van der Waals surface area contributed by atoms with Gasteiger partial charge in [-0.2, -0.15) is 0 Å². The van der Waals surface area contributed by atoms with E-state index in [0.717, 1.165) is 24.0 Å². The maximum Gasteiger partial charge on any atom is 0.208 e. The molecule has 0 aliphatic rings. The van der Waals surface area contributed by atoms with Crippen LogP contribution in [0, 0.1) is 6.92 Å². The SMILES string of the molecule is COc1cc2nc(NCCCCNS(C)(=O)=O)c3nnc(C)n3c2cc1OC. The molecule has 3 rings (SSSR count). The average Bonchev–Trinajstić information content (AvgIpc) is 3.04. The molecule has 0 saturated carbocycles. The zero-order chi connectivity index (χ0) is 20.3. The van der Waals surface area contributed by atoms with Gasteiger partial charge in [-0.3, -0.25) is 4.40 Å². The number of fused-ring (bicyclic) bond motifs is 3. The van der Waals surface area contributed by atoms with Gasteiger partial charge < -0.3 is 14.8 Å². The number of methoxy groups -OCH3 is 2. The van der Waals surface area contributed by atoms with Gasteiger partial charge in [0.1, 0.15) is 5.82 Å². The summed E-state index contributed by atoms with van der Waals surface area (Å²) in [7, 11) is 0.0118. The van der Waals surface area contributed by atoms with E-state index in [2.05, 4.69) is 25.2 Å². The largest absolute Gasteiger partial charge is 0.493 e. The molecular formula is C17H24N6O4S. The Labute approximate surface area is 163 Å². The predicted octanol–water partition coefficient (Wildman–Crippen LogP) is 1.34. The van der Waals surface area contributed by atoms with Crippen LogP contribution in [0.1, 0.15) is 18.7 Å². The second-order valence-electron chi connectivity index (χ2n) is 6.36. The van der Waals surface area contributed by atoms with Crippen LogP contribution in [-0.2, 0) is 10.0 Å². The van der Waals surface area contributed by atoms with Gasteiger partial charge in [0.05, 0.1) is 31.5 Å². The van der Waals surface area contributed by atoms with Crippen LogP contribution in [-0.4, -0.2) is 61.6 Å². The number of hydrogen-bond donors (Lipinski definition) is 2. The lowest BCUT2D eigenvalue weighted by Crippen LogP contribution is -2.23. The molecule has 0 radical (unpaired) electrons. The summed E-state index contributed by atoms with van der Waals surface area (Å²) in [6, 6.07) is 3.67. The maximum absolute atomic E-state index is 11.1. The first-order valence-electron chi connectivity index (χ1n) is 8.80. The number of aromatic nitrogens is 4. The molecule has 0 unspecified atom stereocenters. The lowest BCUT2D eigenvalue weighted by Gasteiger charge is -2.13. The summed E-state index contributed by atoms with van der Waals surface area (Å²) < 4.78 is 37.3. The highest BCUT2D eigenvalue weighted by molar-refractivity contribution is 7.88. The lowest BCUT2D eigenvalue weighted by molar-refractivity contribution is 0.355. The summed E-state index contributed by atoms with van der Waals surface area (Å²) in [5.41, 5.74) is 2.15. The van der Waals surface area contributed by atoms with Crippen molar-refractivity contribution in [3.05, 3.63) is 18.0 Å². The average molecular weight is 408 g/mol. The van der Waals surface area contributed by atoms with Crippen LogP contribution in [0.5, 0.6) is 11.5 Å². The van der Waals surface area contributed by atoms with Crippen LogP contribution < -0.4 is 19.5 Å². The van der Waals surface area contributed by atoms with Crippen LogP contribution in [0.4, 0.5) is 5.82 Å². The van der Waals surface area contributed by atoms with Crippen LogP contribution >= 0.6 is 0 Å². The first-order valence-corrected chi connectivity index (χ1v) is 10.7. The third kappa shape index (κ3) is 4.25. The molecule has 0 atom stereocenters. The van der Waals surface area contributed by atoms with Gasteiger partial charge in [0.15, 0.2) is 17.3 Å². The van der Waals surface area contributed by atoms with Crippen LogP contribution in [0.15, 0.2) is 12.1 Å². The summed E-state index contributed by atoms with van der Waals surface area (Å²) in [5.74, 6) is 2.53. The molecule has 0 amide bonds. The van der Waals surface area contributed by atoms with E-state index < -0.39 is 10.0 Å². The van der Waals surface area contributed by atoms with Crippen molar-refractivity contribution >= 4 is 32.5 Å². The molecule has 152 valence electrons. The Morgan fingerprint density at radius 3 is 2.43 bits per heavy atom. The molecule has 0 bridgehead atoms. The molecule has 0 aliphatic heterocycles. The van der Waals surface area contributed by atoms with Crippen LogP contribution in [0.2, 0.25) is 0 Å². The second-order valence-corrected chi connectivity index (χ2v) is 8.20. The van der Waals surface area contributed by atoms with Gasteiger partial charge in [-0.25, -0.2) is 18.1 Å². The number of hydrogen-bond acceptors (Lipinski definition) is 8. The highest BCUT2D eigenvalue weighted by atomic mass is 32.2. The third-order valence-corrected chi connectivity index (χ3v) is 4.98. The minimum atomic E-state index is -3.15. The van der Waals surface area contributed by atoms with E-state index in [1.54, 1.807) is 14.2 Å². The molecule has 0 spiro atoms. The molecule has 10 nitrogen and oxygen atoms in total. The van der Waals surface area contributed by atoms with Gasteiger partial charge in [0.2, 0.25) is 15.7 Å². The van der Waals surface area contributed by atoms with E-state index in [1.807, 2.05) is 23.5 Å². The van der Waals surface area contributed by atoms with E-state index in [0.29, 0.717) is 48.0 Å². The fourth-order valence-corrected chi connectivity index (χ4v) is 3.45. The van der Waals surface area contributed by atoms with Crippen LogP contribution in [0.3, 0.4) is 0 Å². The Morgan fingerprint density at radius 2 is 1.75 bits per heavy atom. The Morgan fingerprint density at radius 1 is 1.07 bits per heavy atom. The number of benzene rings is 1. The van der Waals surface area contributed by atoms with E-state index in [-0.39, 0.29) is 0 Å². The smallest absolute Gasteiger partial charge is 0.208 e. The monoisotopic (exact) mass is 408 g/mol. The van der Waals surface area contributed by atoms with Crippen molar-refractivity contribution in [3.8, 4) is 11.5 Å². The van der Waals surface area contributed by atoms with Crippen molar-refractivity contribution < 1.29 is 17.9 Å². The zero-order valence-corrected chi connectivity index (χ0v) is 17.1. The Balaban J connectivity index is 1.86.